The minimum absolute atomic E-state index is 0.205. The minimum atomic E-state index is -0.799. The Labute approximate surface area is 268 Å². The number of likely N-dealkylation sites (tertiary alicyclic amines) is 1. The molecule has 0 aliphatic carbocycles. The Bertz CT molecular complexity index is 1780. The zero-order chi connectivity index (χ0) is 32.0. The molecule has 0 bridgehead atoms. The van der Waals surface area contributed by atoms with Gasteiger partial charge < -0.3 is 24.1 Å². The number of carbonyl (C=O) groups is 1. The highest BCUT2D eigenvalue weighted by molar-refractivity contribution is 5.73. The van der Waals surface area contributed by atoms with E-state index in [1.807, 2.05) is 48.2 Å². The number of nitriles is 1. The van der Waals surface area contributed by atoms with E-state index in [4.69, 9.17) is 18.9 Å². The molecule has 0 radical (unpaired) electrons. The van der Waals surface area contributed by atoms with Crippen molar-refractivity contribution in [3.63, 3.8) is 0 Å². The van der Waals surface area contributed by atoms with Gasteiger partial charge in [0.25, 0.3) is 0 Å². The summed E-state index contributed by atoms with van der Waals surface area (Å²) in [4.78, 5) is 18.2. The van der Waals surface area contributed by atoms with Crippen LogP contribution in [0.2, 0.25) is 0 Å². The summed E-state index contributed by atoms with van der Waals surface area (Å²) in [5, 5.41) is 19.2. The second-order valence-corrected chi connectivity index (χ2v) is 11.8. The molecule has 1 fully saturated rings. The molecule has 236 valence electrons. The van der Waals surface area contributed by atoms with Gasteiger partial charge in [0.05, 0.1) is 5.56 Å². The molecule has 1 aromatic heterocycles. The van der Waals surface area contributed by atoms with Crippen LogP contribution in [0.25, 0.3) is 11.1 Å². The normalized spacial score (nSPS) is 16.0. The fourth-order valence-corrected chi connectivity index (χ4v) is 6.13. The molecular formula is C37H37N3O6. The first-order valence-electron chi connectivity index (χ1n) is 15.6. The maximum Gasteiger partial charge on any atom is 0.320 e. The minimum Gasteiger partial charge on any atom is -0.488 e. The van der Waals surface area contributed by atoms with E-state index in [-0.39, 0.29) is 6.61 Å². The Balaban J connectivity index is 1.25. The highest BCUT2D eigenvalue weighted by Crippen LogP contribution is 2.37. The van der Waals surface area contributed by atoms with E-state index in [0.29, 0.717) is 56.4 Å². The predicted molar refractivity (Wildman–Crippen MR) is 172 cm³/mol. The zero-order valence-electron chi connectivity index (χ0n) is 26.1. The molecule has 1 saturated heterocycles. The third-order valence-corrected chi connectivity index (χ3v) is 8.63. The van der Waals surface area contributed by atoms with E-state index in [9.17, 15) is 15.2 Å². The zero-order valence-corrected chi connectivity index (χ0v) is 26.1. The monoisotopic (exact) mass is 619 g/mol. The smallest absolute Gasteiger partial charge is 0.320 e. The van der Waals surface area contributed by atoms with Gasteiger partial charge in [0.15, 0.2) is 11.5 Å². The molecule has 0 amide bonds. The number of benzene rings is 3. The van der Waals surface area contributed by atoms with Crippen LogP contribution >= 0.6 is 0 Å². The van der Waals surface area contributed by atoms with Crippen LogP contribution in [0.15, 0.2) is 67.0 Å². The lowest BCUT2D eigenvalue weighted by atomic mass is 9.96. The lowest BCUT2D eigenvalue weighted by Crippen LogP contribution is -2.44. The number of aryl methyl sites for hydroxylation is 1. The molecule has 1 N–H and O–H groups in total. The Morgan fingerprint density at radius 1 is 0.978 bits per heavy atom. The number of ether oxygens (including phenoxy) is 4. The van der Waals surface area contributed by atoms with Crippen molar-refractivity contribution in [3.8, 4) is 40.2 Å². The fraction of sp³-hybridized carbons (Fsp3) is 0.324. The molecule has 46 heavy (non-hydrogen) atoms. The highest BCUT2D eigenvalue weighted by Gasteiger charge is 2.29. The molecule has 1 atom stereocenters. The van der Waals surface area contributed by atoms with Gasteiger partial charge in [-0.3, -0.25) is 14.7 Å². The standard InChI is InChI=1S/C37H37N3O6/c1-24-14-30(21-40-11-4-3-8-32(40)37(41)42)35(45-22-27-15-26(18-38)19-39-20-27)17-34(24)46-23-29-6-5-7-31(25(29)2)28-9-10-33-36(16-28)44-13-12-43-33/h5-7,9-10,14-17,19-20,32H,3-4,8,11-13,21-23H2,1-2H3,(H,41,42)/t32-/m0/s1. The summed E-state index contributed by atoms with van der Waals surface area (Å²) in [5.74, 6) is 2.01. The van der Waals surface area contributed by atoms with Gasteiger partial charge in [-0.1, -0.05) is 30.7 Å². The molecule has 0 saturated carbocycles. The Kier molecular flexibility index (Phi) is 9.36. The van der Waals surface area contributed by atoms with Crippen molar-refractivity contribution in [2.75, 3.05) is 19.8 Å². The summed E-state index contributed by atoms with van der Waals surface area (Å²) in [6.45, 7) is 6.89. The van der Waals surface area contributed by atoms with Gasteiger partial charge in [-0.15, -0.1) is 0 Å². The van der Waals surface area contributed by atoms with E-state index >= 15 is 0 Å². The maximum absolute atomic E-state index is 12.0. The Morgan fingerprint density at radius 3 is 2.63 bits per heavy atom. The van der Waals surface area contributed by atoms with Crippen molar-refractivity contribution in [1.82, 2.24) is 9.88 Å². The number of hydrogen-bond donors (Lipinski definition) is 1. The lowest BCUT2D eigenvalue weighted by Gasteiger charge is -2.33. The summed E-state index contributed by atoms with van der Waals surface area (Å²) in [6.07, 6.45) is 5.68. The molecule has 0 spiro atoms. The molecular weight excluding hydrogens is 582 g/mol. The highest BCUT2D eigenvalue weighted by atomic mass is 16.6. The van der Waals surface area contributed by atoms with Crippen LogP contribution in [0, 0.1) is 25.2 Å². The summed E-state index contributed by atoms with van der Waals surface area (Å²) < 4.78 is 24.3. The van der Waals surface area contributed by atoms with E-state index in [0.717, 1.165) is 63.3 Å². The lowest BCUT2D eigenvalue weighted by molar-refractivity contribution is -0.144. The Morgan fingerprint density at radius 2 is 1.80 bits per heavy atom. The molecule has 9 nitrogen and oxygen atoms in total. The summed E-state index contributed by atoms with van der Waals surface area (Å²) in [6, 6.07) is 19.5. The molecule has 0 unspecified atom stereocenters. The van der Waals surface area contributed by atoms with Crippen molar-refractivity contribution in [2.45, 2.75) is 58.9 Å². The summed E-state index contributed by atoms with van der Waals surface area (Å²) in [7, 11) is 0. The van der Waals surface area contributed by atoms with E-state index < -0.39 is 12.0 Å². The van der Waals surface area contributed by atoms with Crippen molar-refractivity contribution >= 4 is 5.97 Å². The van der Waals surface area contributed by atoms with Gasteiger partial charge in [-0.05, 0) is 85.3 Å². The van der Waals surface area contributed by atoms with Gasteiger partial charge in [0.2, 0.25) is 0 Å². The van der Waals surface area contributed by atoms with Gasteiger partial charge >= 0.3 is 5.97 Å². The van der Waals surface area contributed by atoms with Gasteiger partial charge in [-0.2, -0.15) is 5.26 Å². The number of aromatic nitrogens is 1. The number of carboxylic acids is 1. The van der Waals surface area contributed by atoms with E-state index in [2.05, 4.69) is 30.1 Å². The van der Waals surface area contributed by atoms with Crippen LogP contribution in [-0.2, 0) is 24.6 Å². The van der Waals surface area contributed by atoms with Crippen LogP contribution in [-0.4, -0.2) is 46.8 Å². The van der Waals surface area contributed by atoms with Crippen LogP contribution in [0.3, 0.4) is 0 Å². The number of fused-ring (bicyclic) bond motifs is 1. The van der Waals surface area contributed by atoms with Crippen LogP contribution in [0.4, 0.5) is 0 Å². The molecule has 2 aliphatic rings. The van der Waals surface area contributed by atoms with Crippen molar-refractivity contribution in [2.24, 2.45) is 0 Å². The van der Waals surface area contributed by atoms with Crippen molar-refractivity contribution in [3.05, 3.63) is 100 Å². The van der Waals surface area contributed by atoms with Crippen LogP contribution in [0.5, 0.6) is 23.0 Å². The maximum atomic E-state index is 12.0. The average Bonchev–Trinajstić information content (AvgIpc) is 3.08. The summed E-state index contributed by atoms with van der Waals surface area (Å²) >= 11 is 0. The molecule has 2 aliphatic heterocycles. The van der Waals surface area contributed by atoms with Crippen molar-refractivity contribution < 1.29 is 28.8 Å². The van der Waals surface area contributed by atoms with Gasteiger partial charge in [0.1, 0.15) is 50.0 Å². The number of aliphatic carboxylic acids is 1. The first-order valence-corrected chi connectivity index (χ1v) is 15.6. The predicted octanol–water partition coefficient (Wildman–Crippen LogP) is 6.61. The topological polar surface area (TPSA) is 114 Å². The number of piperidine rings is 1. The fourth-order valence-electron chi connectivity index (χ4n) is 6.13. The molecule has 4 aromatic rings. The number of hydrogen-bond acceptors (Lipinski definition) is 8. The van der Waals surface area contributed by atoms with Crippen LogP contribution < -0.4 is 18.9 Å². The molecule has 3 aromatic carbocycles. The van der Waals surface area contributed by atoms with E-state index in [1.54, 1.807) is 12.3 Å². The number of rotatable bonds is 10. The third kappa shape index (κ3) is 6.93. The van der Waals surface area contributed by atoms with Gasteiger partial charge in [0, 0.05) is 36.1 Å². The first kappa shape index (κ1) is 30.9. The van der Waals surface area contributed by atoms with Crippen molar-refractivity contribution in [1.29, 1.82) is 5.26 Å². The number of nitrogens with zero attached hydrogens (tertiary/aromatic N) is 3. The molecule has 9 heteroatoms. The number of pyridine rings is 1. The van der Waals surface area contributed by atoms with Gasteiger partial charge in [-0.25, -0.2) is 0 Å². The third-order valence-electron chi connectivity index (χ3n) is 8.63. The second kappa shape index (κ2) is 13.9. The summed E-state index contributed by atoms with van der Waals surface area (Å²) in [5.41, 5.74) is 7.35. The number of carboxylic acid groups (broad SMARTS) is 1. The molecule has 6 rings (SSSR count). The average molecular weight is 620 g/mol. The molecule has 3 heterocycles. The van der Waals surface area contributed by atoms with E-state index in [1.165, 1.54) is 6.20 Å². The Hall–Kier alpha value is -5.07. The first-order chi connectivity index (χ1) is 22.4. The second-order valence-electron chi connectivity index (χ2n) is 11.8. The van der Waals surface area contributed by atoms with Crippen LogP contribution in [0.1, 0.15) is 52.6 Å². The quantitative estimate of drug-likeness (QED) is 0.210. The largest absolute Gasteiger partial charge is 0.488 e. The SMILES string of the molecule is Cc1cc(CN2CCCC[C@H]2C(=O)O)c(OCc2cncc(C#N)c2)cc1OCc1cccc(-c2ccc3c(c2)OCCO3)c1C.